The molecule has 1 aliphatic carbocycles. The molecule has 0 atom stereocenters. The van der Waals surface area contributed by atoms with Crippen LogP contribution in [0.15, 0.2) is 12.1 Å². The molecule has 0 aromatic carbocycles. The Balaban J connectivity index is 1.74. The van der Waals surface area contributed by atoms with Crippen molar-refractivity contribution in [2.45, 2.75) is 32.1 Å². The summed E-state index contributed by atoms with van der Waals surface area (Å²) in [5.74, 6) is 1.65. The van der Waals surface area contributed by atoms with Crippen molar-refractivity contribution >= 4 is 5.82 Å². The third kappa shape index (κ3) is 2.93. The van der Waals surface area contributed by atoms with Crippen molar-refractivity contribution in [1.29, 1.82) is 5.26 Å². The lowest BCUT2D eigenvalue weighted by atomic mass is 10.0. The summed E-state index contributed by atoms with van der Waals surface area (Å²) >= 11 is 0. The minimum absolute atomic E-state index is 0.362. The summed E-state index contributed by atoms with van der Waals surface area (Å²) in [6.45, 7) is 0.950. The standard InChI is InChI=1S/C12H16N4/c13-9-11-5-6-12(16-15-11)14-8-7-10-3-1-2-4-10/h5-6,10H,1-4,7-8H2,(H,14,16). The molecule has 1 fully saturated rings. The van der Waals surface area contributed by atoms with E-state index in [0.29, 0.717) is 5.69 Å². The lowest BCUT2D eigenvalue weighted by Gasteiger charge is -2.09. The Morgan fingerprint density at radius 2 is 2.12 bits per heavy atom. The van der Waals surface area contributed by atoms with Crippen LogP contribution >= 0.6 is 0 Å². The summed E-state index contributed by atoms with van der Waals surface area (Å²) in [5, 5.41) is 19.5. The lowest BCUT2D eigenvalue weighted by molar-refractivity contribution is 0.518. The van der Waals surface area contributed by atoms with Gasteiger partial charge in [-0.15, -0.1) is 10.2 Å². The largest absolute Gasteiger partial charge is 0.369 e. The minimum atomic E-state index is 0.362. The normalized spacial score (nSPS) is 15.9. The van der Waals surface area contributed by atoms with E-state index in [4.69, 9.17) is 5.26 Å². The first-order chi connectivity index (χ1) is 7.88. The van der Waals surface area contributed by atoms with Crippen molar-refractivity contribution in [3.05, 3.63) is 17.8 Å². The molecular weight excluding hydrogens is 200 g/mol. The van der Waals surface area contributed by atoms with Gasteiger partial charge in [0.15, 0.2) is 5.69 Å². The highest BCUT2D eigenvalue weighted by atomic mass is 15.2. The summed E-state index contributed by atoms with van der Waals surface area (Å²) in [5.41, 5.74) is 0.362. The predicted molar refractivity (Wildman–Crippen MR) is 61.8 cm³/mol. The van der Waals surface area contributed by atoms with Gasteiger partial charge in [-0.05, 0) is 24.5 Å². The van der Waals surface area contributed by atoms with Gasteiger partial charge in [0, 0.05) is 6.54 Å². The summed E-state index contributed by atoms with van der Waals surface area (Å²) in [7, 11) is 0. The van der Waals surface area contributed by atoms with Crippen LogP contribution in [-0.2, 0) is 0 Å². The molecule has 84 valence electrons. The number of rotatable bonds is 4. The zero-order valence-electron chi connectivity index (χ0n) is 9.32. The third-order valence-corrected chi connectivity index (χ3v) is 3.11. The van der Waals surface area contributed by atoms with E-state index in [9.17, 15) is 0 Å². The fraction of sp³-hybridized carbons (Fsp3) is 0.583. The van der Waals surface area contributed by atoms with Crippen LogP contribution < -0.4 is 5.32 Å². The van der Waals surface area contributed by atoms with Crippen molar-refractivity contribution in [3.8, 4) is 6.07 Å². The maximum absolute atomic E-state index is 8.58. The van der Waals surface area contributed by atoms with E-state index >= 15 is 0 Å². The van der Waals surface area contributed by atoms with Crippen LogP contribution in [0, 0.1) is 17.2 Å². The zero-order valence-corrected chi connectivity index (χ0v) is 9.32. The highest BCUT2D eigenvalue weighted by molar-refractivity contribution is 5.34. The molecule has 0 radical (unpaired) electrons. The maximum atomic E-state index is 8.58. The maximum Gasteiger partial charge on any atom is 0.163 e. The highest BCUT2D eigenvalue weighted by Crippen LogP contribution is 2.27. The number of nitrogens with one attached hydrogen (secondary N) is 1. The molecule has 4 heteroatoms. The van der Waals surface area contributed by atoms with Gasteiger partial charge in [0.1, 0.15) is 11.9 Å². The van der Waals surface area contributed by atoms with Gasteiger partial charge in [0.2, 0.25) is 0 Å². The molecule has 0 spiro atoms. The molecule has 0 aliphatic heterocycles. The van der Waals surface area contributed by atoms with Crippen molar-refractivity contribution in [3.63, 3.8) is 0 Å². The Bertz CT molecular complexity index is 360. The first kappa shape index (κ1) is 10.9. The minimum Gasteiger partial charge on any atom is -0.369 e. The van der Waals surface area contributed by atoms with E-state index in [2.05, 4.69) is 15.5 Å². The molecule has 0 bridgehead atoms. The highest BCUT2D eigenvalue weighted by Gasteiger charge is 2.13. The molecule has 0 amide bonds. The quantitative estimate of drug-likeness (QED) is 0.839. The smallest absolute Gasteiger partial charge is 0.163 e. The molecule has 1 aromatic heterocycles. The van der Waals surface area contributed by atoms with Gasteiger partial charge in [-0.3, -0.25) is 0 Å². The van der Waals surface area contributed by atoms with Gasteiger partial charge < -0.3 is 5.32 Å². The Hall–Kier alpha value is -1.63. The van der Waals surface area contributed by atoms with E-state index in [1.54, 1.807) is 12.1 Å². The SMILES string of the molecule is N#Cc1ccc(NCCC2CCCC2)nn1. The third-order valence-electron chi connectivity index (χ3n) is 3.11. The number of nitrogens with zero attached hydrogens (tertiary/aromatic N) is 3. The predicted octanol–water partition coefficient (Wildman–Crippen LogP) is 2.34. The number of hydrogen-bond donors (Lipinski definition) is 1. The zero-order chi connectivity index (χ0) is 11.2. The number of anilines is 1. The van der Waals surface area contributed by atoms with E-state index in [1.807, 2.05) is 6.07 Å². The summed E-state index contributed by atoms with van der Waals surface area (Å²) in [6, 6.07) is 5.44. The fourth-order valence-electron chi connectivity index (χ4n) is 2.19. The van der Waals surface area contributed by atoms with E-state index in [1.165, 1.54) is 32.1 Å². The Kier molecular flexibility index (Phi) is 3.71. The molecule has 4 nitrogen and oxygen atoms in total. The van der Waals surface area contributed by atoms with Crippen LogP contribution in [0.1, 0.15) is 37.8 Å². The van der Waals surface area contributed by atoms with Crippen molar-refractivity contribution in [1.82, 2.24) is 10.2 Å². The first-order valence-corrected chi connectivity index (χ1v) is 5.86. The van der Waals surface area contributed by atoms with Gasteiger partial charge in [-0.1, -0.05) is 25.7 Å². The first-order valence-electron chi connectivity index (χ1n) is 5.86. The molecule has 1 aliphatic rings. The number of nitriles is 1. The molecule has 2 rings (SSSR count). The van der Waals surface area contributed by atoms with Crippen molar-refractivity contribution in [2.75, 3.05) is 11.9 Å². The fourth-order valence-corrected chi connectivity index (χ4v) is 2.19. The van der Waals surface area contributed by atoms with Crippen molar-refractivity contribution in [2.24, 2.45) is 5.92 Å². The molecule has 1 saturated carbocycles. The summed E-state index contributed by atoms with van der Waals surface area (Å²) < 4.78 is 0. The Morgan fingerprint density at radius 1 is 1.31 bits per heavy atom. The molecule has 0 unspecified atom stereocenters. The number of hydrogen-bond acceptors (Lipinski definition) is 4. The van der Waals surface area contributed by atoms with Crippen LogP contribution in [0.3, 0.4) is 0 Å². The van der Waals surface area contributed by atoms with Gasteiger partial charge in [0.25, 0.3) is 0 Å². The second kappa shape index (κ2) is 5.45. The molecule has 0 saturated heterocycles. The summed E-state index contributed by atoms with van der Waals surface area (Å²) in [6.07, 6.45) is 6.74. The van der Waals surface area contributed by atoms with Crippen LogP contribution in [0.2, 0.25) is 0 Å². The average Bonchev–Trinajstić information content (AvgIpc) is 2.83. The molecular formula is C12H16N4. The molecule has 1 aromatic rings. The lowest BCUT2D eigenvalue weighted by Crippen LogP contribution is -2.08. The summed E-state index contributed by atoms with van der Waals surface area (Å²) in [4.78, 5) is 0. The van der Waals surface area contributed by atoms with Crippen molar-refractivity contribution < 1.29 is 0 Å². The second-order valence-electron chi connectivity index (χ2n) is 4.28. The Labute approximate surface area is 95.7 Å². The van der Waals surface area contributed by atoms with E-state index < -0.39 is 0 Å². The Morgan fingerprint density at radius 3 is 2.75 bits per heavy atom. The number of aromatic nitrogens is 2. The van der Waals surface area contributed by atoms with E-state index in [0.717, 1.165) is 18.3 Å². The monoisotopic (exact) mass is 216 g/mol. The van der Waals surface area contributed by atoms with Gasteiger partial charge in [-0.2, -0.15) is 5.26 Å². The second-order valence-corrected chi connectivity index (χ2v) is 4.28. The van der Waals surface area contributed by atoms with Crippen LogP contribution in [-0.4, -0.2) is 16.7 Å². The topological polar surface area (TPSA) is 61.6 Å². The van der Waals surface area contributed by atoms with Gasteiger partial charge in [-0.25, -0.2) is 0 Å². The van der Waals surface area contributed by atoms with Crippen LogP contribution in [0.5, 0.6) is 0 Å². The van der Waals surface area contributed by atoms with Crippen LogP contribution in [0.4, 0.5) is 5.82 Å². The van der Waals surface area contributed by atoms with Gasteiger partial charge >= 0.3 is 0 Å². The average molecular weight is 216 g/mol. The van der Waals surface area contributed by atoms with Gasteiger partial charge in [0.05, 0.1) is 0 Å². The van der Waals surface area contributed by atoms with E-state index in [-0.39, 0.29) is 0 Å². The molecule has 1 heterocycles. The molecule has 16 heavy (non-hydrogen) atoms. The molecule has 1 N–H and O–H groups in total. The van der Waals surface area contributed by atoms with Crippen LogP contribution in [0.25, 0.3) is 0 Å².